The molecule has 0 bridgehead atoms. The minimum atomic E-state index is -0.348. The number of benzene rings is 1. The van der Waals surface area contributed by atoms with E-state index in [1.165, 1.54) is 0 Å². The van der Waals surface area contributed by atoms with E-state index >= 15 is 0 Å². The first kappa shape index (κ1) is 13.6. The Morgan fingerprint density at radius 1 is 1.19 bits per heavy atom. The van der Waals surface area contributed by atoms with Gasteiger partial charge >= 0.3 is 0 Å². The molecule has 0 saturated carbocycles. The lowest BCUT2D eigenvalue weighted by Gasteiger charge is -2.03. The summed E-state index contributed by atoms with van der Waals surface area (Å²) < 4.78 is 0. The van der Waals surface area contributed by atoms with Crippen molar-refractivity contribution in [3.05, 3.63) is 58.6 Å². The molecule has 1 fully saturated rings. The normalized spacial score (nSPS) is 16.3. The van der Waals surface area contributed by atoms with Crippen LogP contribution in [-0.4, -0.2) is 16.1 Å². The first-order valence-electron chi connectivity index (χ1n) is 6.40. The lowest BCUT2D eigenvalue weighted by atomic mass is 10.1. The van der Waals surface area contributed by atoms with Gasteiger partial charge in [-0.15, -0.1) is 0 Å². The zero-order valence-electron chi connectivity index (χ0n) is 11.3. The molecule has 0 aliphatic carbocycles. The van der Waals surface area contributed by atoms with Crippen LogP contribution in [0.3, 0.4) is 0 Å². The van der Waals surface area contributed by atoms with Crippen LogP contribution in [0, 0.1) is 6.92 Å². The highest BCUT2D eigenvalue weighted by molar-refractivity contribution is 8.18. The number of amides is 2. The number of pyridine rings is 1. The average molecular weight is 296 g/mol. The minimum absolute atomic E-state index is 0.334. The van der Waals surface area contributed by atoms with Gasteiger partial charge in [0.25, 0.3) is 11.1 Å². The molecule has 104 valence electrons. The maximum Gasteiger partial charge on any atom is 0.290 e. The fourth-order valence-corrected chi connectivity index (χ4v) is 2.75. The molecular weight excluding hydrogens is 284 g/mol. The third-order valence-corrected chi connectivity index (χ3v) is 3.85. The second-order valence-electron chi connectivity index (χ2n) is 4.70. The summed E-state index contributed by atoms with van der Waals surface area (Å²) in [4.78, 5) is 27.5. The Hall–Kier alpha value is -2.40. The highest BCUT2D eigenvalue weighted by atomic mass is 32.2. The van der Waals surface area contributed by atoms with Crippen molar-refractivity contribution in [1.29, 1.82) is 0 Å². The molecule has 0 atom stereocenters. The smallest absolute Gasteiger partial charge is 0.282 e. The molecule has 4 nitrogen and oxygen atoms in total. The Labute approximate surface area is 126 Å². The molecule has 3 rings (SSSR count). The number of aromatic nitrogens is 1. The second-order valence-corrected chi connectivity index (χ2v) is 5.71. The lowest BCUT2D eigenvalue weighted by Crippen LogP contribution is -2.17. The van der Waals surface area contributed by atoms with Crippen LogP contribution in [0.15, 0.2) is 47.5 Å². The van der Waals surface area contributed by atoms with Gasteiger partial charge in [0.15, 0.2) is 0 Å². The molecule has 0 unspecified atom stereocenters. The Morgan fingerprint density at radius 2 is 2.05 bits per heavy atom. The Kier molecular flexibility index (Phi) is 3.58. The number of nitrogens with one attached hydrogen (secondary N) is 1. The van der Waals surface area contributed by atoms with E-state index in [2.05, 4.69) is 16.4 Å². The zero-order chi connectivity index (χ0) is 14.8. The SMILES string of the molecule is Cc1cccc(-c2cc(C=C3SC(=O)NC3=O)ccn2)c1. The van der Waals surface area contributed by atoms with E-state index in [1.807, 2.05) is 37.3 Å². The van der Waals surface area contributed by atoms with Gasteiger partial charge in [-0.25, -0.2) is 0 Å². The van der Waals surface area contributed by atoms with E-state index in [0.717, 1.165) is 34.1 Å². The third kappa shape index (κ3) is 3.03. The van der Waals surface area contributed by atoms with E-state index in [9.17, 15) is 9.59 Å². The fourth-order valence-electron chi connectivity index (χ4n) is 2.07. The van der Waals surface area contributed by atoms with Gasteiger partial charge in [0.2, 0.25) is 0 Å². The molecule has 1 N–H and O–H groups in total. The monoisotopic (exact) mass is 296 g/mol. The maximum atomic E-state index is 11.6. The molecule has 0 radical (unpaired) electrons. The van der Waals surface area contributed by atoms with Gasteiger partial charge in [0.1, 0.15) is 0 Å². The van der Waals surface area contributed by atoms with Crippen LogP contribution in [0.1, 0.15) is 11.1 Å². The van der Waals surface area contributed by atoms with Crippen LogP contribution < -0.4 is 5.32 Å². The van der Waals surface area contributed by atoms with Crippen LogP contribution in [0.5, 0.6) is 0 Å². The molecule has 2 amide bonds. The van der Waals surface area contributed by atoms with Gasteiger partial charge in [-0.1, -0.05) is 23.8 Å². The number of hydrogen-bond acceptors (Lipinski definition) is 4. The van der Waals surface area contributed by atoms with Crippen LogP contribution in [0.25, 0.3) is 17.3 Å². The van der Waals surface area contributed by atoms with Gasteiger partial charge in [-0.2, -0.15) is 0 Å². The van der Waals surface area contributed by atoms with Crippen molar-refractivity contribution >= 4 is 29.0 Å². The molecule has 1 aliphatic rings. The van der Waals surface area contributed by atoms with Crippen molar-refractivity contribution in [3.63, 3.8) is 0 Å². The highest BCUT2D eigenvalue weighted by Crippen LogP contribution is 2.26. The Bertz CT molecular complexity index is 768. The Balaban J connectivity index is 1.96. The number of nitrogens with zero attached hydrogens (tertiary/aromatic N) is 1. The number of aryl methyl sites for hydroxylation is 1. The molecule has 2 aromatic rings. The van der Waals surface area contributed by atoms with E-state index in [1.54, 1.807) is 12.3 Å². The molecule has 1 aromatic carbocycles. The average Bonchev–Trinajstić information content (AvgIpc) is 2.77. The molecule has 1 aliphatic heterocycles. The van der Waals surface area contributed by atoms with Gasteiger partial charge < -0.3 is 0 Å². The van der Waals surface area contributed by atoms with Crippen molar-refractivity contribution < 1.29 is 9.59 Å². The van der Waals surface area contributed by atoms with E-state index in [-0.39, 0.29) is 11.1 Å². The summed E-state index contributed by atoms with van der Waals surface area (Å²) in [7, 11) is 0. The Morgan fingerprint density at radius 3 is 2.76 bits per heavy atom. The van der Waals surface area contributed by atoms with Crippen molar-refractivity contribution in [2.24, 2.45) is 0 Å². The molecule has 21 heavy (non-hydrogen) atoms. The standard InChI is InChI=1S/C16H12N2O2S/c1-10-3-2-4-12(7-10)13-8-11(5-6-17-13)9-14-15(19)18-16(20)21-14/h2-9H,1H3,(H,18,19,20). The van der Waals surface area contributed by atoms with Crippen molar-refractivity contribution in [1.82, 2.24) is 10.3 Å². The third-order valence-electron chi connectivity index (χ3n) is 3.04. The first-order chi connectivity index (χ1) is 10.1. The second kappa shape index (κ2) is 5.54. The molecule has 0 spiro atoms. The predicted molar refractivity (Wildman–Crippen MR) is 83.5 cm³/mol. The summed E-state index contributed by atoms with van der Waals surface area (Å²) >= 11 is 0.914. The van der Waals surface area contributed by atoms with Crippen LogP contribution in [0.4, 0.5) is 4.79 Å². The van der Waals surface area contributed by atoms with Crippen LogP contribution in [-0.2, 0) is 4.79 Å². The van der Waals surface area contributed by atoms with Crippen LogP contribution in [0.2, 0.25) is 0 Å². The molecule has 5 heteroatoms. The van der Waals surface area contributed by atoms with E-state index < -0.39 is 0 Å². The maximum absolute atomic E-state index is 11.6. The summed E-state index contributed by atoms with van der Waals surface area (Å²) in [5.74, 6) is -0.348. The molecule has 1 saturated heterocycles. The minimum Gasteiger partial charge on any atom is -0.282 e. The molecule has 1 aromatic heterocycles. The first-order valence-corrected chi connectivity index (χ1v) is 7.21. The molecular formula is C16H12N2O2S. The predicted octanol–water partition coefficient (Wildman–Crippen LogP) is 3.38. The number of imide groups is 1. The molecule has 2 heterocycles. The van der Waals surface area contributed by atoms with E-state index in [0.29, 0.717) is 4.91 Å². The summed E-state index contributed by atoms with van der Waals surface area (Å²) in [5.41, 5.74) is 3.86. The quantitative estimate of drug-likeness (QED) is 0.863. The summed E-state index contributed by atoms with van der Waals surface area (Å²) in [6, 6.07) is 11.8. The number of hydrogen-bond donors (Lipinski definition) is 1. The topological polar surface area (TPSA) is 59.1 Å². The zero-order valence-corrected chi connectivity index (χ0v) is 12.1. The fraction of sp³-hybridized carbons (Fsp3) is 0.0625. The van der Waals surface area contributed by atoms with E-state index in [4.69, 9.17) is 0 Å². The summed E-state index contributed by atoms with van der Waals surface area (Å²) in [6.45, 7) is 2.03. The highest BCUT2D eigenvalue weighted by Gasteiger charge is 2.24. The van der Waals surface area contributed by atoms with Gasteiger partial charge in [-0.3, -0.25) is 19.9 Å². The number of thioether (sulfide) groups is 1. The van der Waals surface area contributed by atoms with Gasteiger partial charge in [0, 0.05) is 11.8 Å². The number of carbonyl (C=O) groups excluding carboxylic acids is 2. The van der Waals surface area contributed by atoms with Gasteiger partial charge in [0.05, 0.1) is 10.6 Å². The largest absolute Gasteiger partial charge is 0.290 e. The lowest BCUT2D eigenvalue weighted by molar-refractivity contribution is -0.115. The number of carbonyl (C=O) groups is 2. The summed E-state index contributed by atoms with van der Waals surface area (Å²) in [6.07, 6.45) is 3.40. The van der Waals surface area contributed by atoms with Crippen molar-refractivity contribution in [2.45, 2.75) is 6.92 Å². The van der Waals surface area contributed by atoms with Gasteiger partial charge in [-0.05, 0) is 48.5 Å². The number of rotatable bonds is 2. The summed E-state index contributed by atoms with van der Waals surface area (Å²) in [5, 5.41) is 1.91. The van der Waals surface area contributed by atoms with Crippen molar-refractivity contribution in [3.8, 4) is 11.3 Å². The van der Waals surface area contributed by atoms with Crippen molar-refractivity contribution in [2.75, 3.05) is 0 Å². The van der Waals surface area contributed by atoms with Crippen LogP contribution >= 0.6 is 11.8 Å².